The molecule has 1 amide bonds. The van der Waals surface area contributed by atoms with Crippen molar-refractivity contribution in [2.45, 2.75) is 45.1 Å². The summed E-state index contributed by atoms with van der Waals surface area (Å²) < 4.78 is 13.4. The standard InChI is InChI=1S/C17H24FNO2/c1-12(20)13-7-9-19(10-8-13)16(21)17(2,3)14-5-4-6-15(18)11-14/h4-6,11-13,20H,7-10H2,1-3H3. The number of halogens is 1. The molecular weight excluding hydrogens is 269 g/mol. The SMILES string of the molecule is CC(O)C1CCN(C(=O)C(C)(C)c2cccc(F)c2)CC1. The van der Waals surface area contributed by atoms with Crippen molar-refractivity contribution in [1.82, 2.24) is 4.90 Å². The Balaban J connectivity index is 2.09. The number of hydrogen-bond donors (Lipinski definition) is 1. The summed E-state index contributed by atoms with van der Waals surface area (Å²) in [7, 11) is 0. The molecule has 0 aliphatic carbocycles. The van der Waals surface area contributed by atoms with Crippen LogP contribution < -0.4 is 0 Å². The number of carbonyl (C=O) groups is 1. The third kappa shape index (κ3) is 3.43. The van der Waals surface area contributed by atoms with Crippen LogP contribution in [0.1, 0.15) is 39.2 Å². The van der Waals surface area contributed by atoms with Crippen LogP contribution in [-0.2, 0) is 10.2 Å². The van der Waals surface area contributed by atoms with Crippen LogP contribution in [0.2, 0.25) is 0 Å². The van der Waals surface area contributed by atoms with Gasteiger partial charge in [0.2, 0.25) is 5.91 Å². The largest absolute Gasteiger partial charge is 0.393 e. The van der Waals surface area contributed by atoms with Gasteiger partial charge in [0, 0.05) is 13.1 Å². The van der Waals surface area contributed by atoms with Crippen molar-refractivity contribution in [3.63, 3.8) is 0 Å². The molecular formula is C17H24FNO2. The molecule has 1 atom stereocenters. The summed E-state index contributed by atoms with van der Waals surface area (Å²) in [5, 5.41) is 9.63. The minimum atomic E-state index is -0.736. The molecule has 2 rings (SSSR count). The highest BCUT2D eigenvalue weighted by atomic mass is 19.1. The number of nitrogens with zero attached hydrogens (tertiary/aromatic N) is 1. The maximum Gasteiger partial charge on any atom is 0.232 e. The zero-order valence-electron chi connectivity index (χ0n) is 13.0. The molecule has 0 saturated carbocycles. The van der Waals surface area contributed by atoms with Gasteiger partial charge in [-0.15, -0.1) is 0 Å². The molecule has 1 aromatic rings. The van der Waals surface area contributed by atoms with Crippen LogP contribution in [0.4, 0.5) is 4.39 Å². The smallest absolute Gasteiger partial charge is 0.232 e. The Morgan fingerprint density at radius 1 is 1.38 bits per heavy atom. The summed E-state index contributed by atoms with van der Waals surface area (Å²) in [4.78, 5) is 14.6. The molecule has 0 radical (unpaired) electrons. The quantitative estimate of drug-likeness (QED) is 0.931. The van der Waals surface area contributed by atoms with E-state index in [1.807, 2.05) is 18.7 Å². The van der Waals surface area contributed by atoms with Crippen LogP contribution in [0.25, 0.3) is 0 Å². The summed E-state index contributed by atoms with van der Waals surface area (Å²) in [6, 6.07) is 6.25. The highest BCUT2D eigenvalue weighted by molar-refractivity contribution is 5.87. The van der Waals surface area contributed by atoms with Gasteiger partial charge >= 0.3 is 0 Å². The van der Waals surface area contributed by atoms with Gasteiger partial charge in [-0.2, -0.15) is 0 Å². The first-order valence-corrected chi connectivity index (χ1v) is 7.56. The average Bonchev–Trinajstić information content (AvgIpc) is 2.46. The Morgan fingerprint density at radius 2 is 2.00 bits per heavy atom. The van der Waals surface area contributed by atoms with Gasteiger partial charge in [-0.25, -0.2) is 4.39 Å². The molecule has 1 N–H and O–H groups in total. The Kier molecular flexibility index (Phi) is 4.67. The summed E-state index contributed by atoms with van der Waals surface area (Å²) in [6.07, 6.45) is 1.32. The van der Waals surface area contributed by atoms with Crippen LogP contribution in [0, 0.1) is 11.7 Å². The van der Waals surface area contributed by atoms with E-state index in [0.717, 1.165) is 12.8 Å². The average molecular weight is 293 g/mol. The summed E-state index contributed by atoms with van der Waals surface area (Å²) in [5.74, 6) is -0.0235. The van der Waals surface area contributed by atoms with Crippen molar-refractivity contribution in [2.75, 3.05) is 13.1 Å². The van der Waals surface area contributed by atoms with Crippen LogP contribution in [0.15, 0.2) is 24.3 Å². The molecule has 1 heterocycles. The lowest BCUT2D eigenvalue weighted by Crippen LogP contribution is -2.48. The van der Waals surface area contributed by atoms with Gasteiger partial charge in [-0.3, -0.25) is 4.79 Å². The van der Waals surface area contributed by atoms with E-state index < -0.39 is 5.41 Å². The van der Waals surface area contributed by atoms with Crippen LogP contribution in [0.3, 0.4) is 0 Å². The lowest BCUT2D eigenvalue weighted by atomic mass is 9.82. The van der Waals surface area contributed by atoms with E-state index in [0.29, 0.717) is 18.7 Å². The minimum Gasteiger partial charge on any atom is -0.393 e. The van der Waals surface area contributed by atoms with Crippen molar-refractivity contribution in [3.8, 4) is 0 Å². The summed E-state index contributed by atoms with van der Waals surface area (Å²) in [6.45, 7) is 6.80. The summed E-state index contributed by atoms with van der Waals surface area (Å²) >= 11 is 0. The molecule has 21 heavy (non-hydrogen) atoms. The first-order chi connectivity index (χ1) is 9.82. The van der Waals surface area contributed by atoms with Gasteiger partial charge in [0.1, 0.15) is 5.82 Å². The second-order valence-electron chi connectivity index (χ2n) is 6.51. The van der Waals surface area contributed by atoms with Crippen molar-refractivity contribution in [3.05, 3.63) is 35.6 Å². The molecule has 1 aliphatic rings. The molecule has 1 aromatic carbocycles. The van der Waals surface area contributed by atoms with Crippen molar-refractivity contribution < 1.29 is 14.3 Å². The molecule has 0 bridgehead atoms. The Bertz CT molecular complexity index is 505. The second kappa shape index (κ2) is 6.14. The monoisotopic (exact) mass is 293 g/mol. The Hall–Kier alpha value is -1.42. The molecule has 0 aromatic heterocycles. The second-order valence-corrected chi connectivity index (χ2v) is 6.51. The number of piperidine rings is 1. The van der Waals surface area contributed by atoms with Crippen molar-refractivity contribution in [1.29, 1.82) is 0 Å². The number of aliphatic hydroxyl groups is 1. The lowest BCUT2D eigenvalue weighted by molar-refractivity contribution is -0.138. The number of amides is 1. The van der Waals surface area contributed by atoms with E-state index in [2.05, 4.69) is 0 Å². The zero-order valence-corrected chi connectivity index (χ0v) is 13.0. The highest BCUT2D eigenvalue weighted by Crippen LogP contribution is 2.29. The molecule has 1 fully saturated rings. The number of hydrogen-bond acceptors (Lipinski definition) is 2. The fourth-order valence-corrected chi connectivity index (χ4v) is 2.98. The van der Waals surface area contributed by atoms with Crippen molar-refractivity contribution >= 4 is 5.91 Å². The van der Waals surface area contributed by atoms with Crippen LogP contribution in [-0.4, -0.2) is 35.1 Å². The lowest BCUT2D eigenvalue weighted by Gasteiger charge is -2.38. The Morgan fingerprint density at radius 3 is 2.52 bits per heavy atom. The van der Waals surface area contributed by atoms with E-state index >= 15 is 0 Å². The first-order valence-electron chi connectivity index (χ1n) is 7.56. The highest BCUT2D eigenvalue weighted by Gasteiger charge is 2.36. The van der Waals surface area contributed by atoms with Gasteiger partial charge in [-0.05, 0) is 57.2 Å². The predicted octanol–water partition coefficient (Wildman–Crippen LogP) is 2.72. The molecule has 116 valence electrons. The molecule has 1 aliphatic heterocycles. The summed E-state index contributed by atoms with van der Waals surface area (Å²) in [5.41, 5.74) is -0.0371. The van der Waals surface area contributed by atoms with Gasteiger partial charge in [0.15, 0.2) is 0 Å². The normalized spacial score (nSPS) is 18.6. The van der Waals surface area contributed by atoms with E-state index in [4.69, 9.17) is 0 Å². The van der Waals surface area contributed by atoms with E-state index in [1.165, 1.54) is 12.1 Å². The number of benzene rings is 1. The molecule has 1 unspecified atom stereocenters. The molecule has 0 spiro atoms. The number of carbonyl (C=O) groups excluding carboxylic acids is 1. The van der Waals surface area contributed by atoms with Crippen LogP contribution in [0.5, 0.6) is 0 Å². The fraction of sp³-hybridized carbons (Fsp3) is 0.588. The predicted molar refractivity (Wildman–Crippen MR) is 80.4 cm³/mol. The van der Waals surface area contributed by atoms with Gasteiger partial charge in [0.25, 0.3) is 0 Å². The Labute approximate surface area is 125 Å². The number of aliphatic hydroxyl groups excluding tert-OH is 1. The van der Waals surface area contributed by atoms with E-state index in [1.54, 1.807) is 19.1 Å². The van der Waals surface area contributed by atoms with Gasteiger partial charge in [0.05, 0.1) is 11.5 Å². The van der Waals surface area contributed by atoms with Gasteiger partial charge < -0.3 is 10.0 Å². The topological polar surface area (TPSA) is 40.5 Å². The molecule has 4 heteroatoms. The third-order valence-electron chi connectivity index (χ3n) is 4.59. The molecule has 1 saturated heterocycles. The fourth-order valence-electron chi connectivity index (χ4n) is 2.98. The van der Waals surface area contributed by atoms with Gasteiger partial charge in [-0.1, -0.05) is 12.1 Å². The maximum absolute atomic E-state index is 13.4. The van der Waals surface area contributed by atoms with E-state index in [9.17, 15) is 14.3 Å². The maximum atomic E-state index is 13.4. The minimum absolute atomic E-state index is 0.0251. The van der Waals surface area contributed by atoms with Crippen molar-refractivity contribution in [2.24, 2.45) is 5.92 Å². The first kappa shape index (κ1) is 16.0. The number of rotatable bonds is 3. The zero-order chi connectivity index (χ0) is 15.6. The third-order valence-corrected chi connectivity index (χ3v) is 4.59. The molecule has 3 nitrogen and oxygen atoms in total. The van der Waals surface area contributed by atoms with Crippen LogP contribution >= 0.6 is 0 Å². The number of likely N-dealkylation sites (tertiary alicyclic amines) is 1. The van der Waals surface area contributed by atoms with E-state index in [-0.39, 0.29) is 23.7 Å².